The van der Waals surface area contributed by atoms with Gasteiger partial charge in [-0.3, -0.25) is 0 Å². The summed E-state index contributed by atoms with van der Waals surface area (Å²) in [6, 6.07) is 11.2. The van der Waals surface area contributed by atoms with Gasteiger partial charge in [-0.15, -0.1) is 0 Å². The molecule has 0 aromatic heterocycles. The SMILES string of the molecule is CCCN(S(=O)(=O)C1=Cc2ccccc2CC1)S(=O)(=O)c1ccc(Cl)c(Cl)c1. The second-order valence-electron chi connectivity index (χ2n) is 6.39. The number of sulfonamides is 2. The van der Waals surface area contributed by atoms with Gasteiger partial charge in [0, 0.05) is 6.54 Å². The normalized spacial score (nSPS) is 14.6. The van der Waals surface area contributed by atoms with Crippen molar-refractivity contribution < 1.29 is 16.8 Å². The lowest BCUT2D eigenvalue weighted by molar-refractivity contribution is 0.498. The third-order valence-electron chi connectivity index (χ3n) is 4.47. The van der Waals surface area contributed by atoms with E-state index in [9.17, 15) is 16.8 Å². The highest BCUT2D eigenvalue weighted by Gasteiger charge is 2.38. The van der Waals surface area contributed by atoms with Gasteiger partial charge >= 0.3 is 0 Å². The van der Waals surface area contributed by atoms with Gasteiger partial charge in [-0.25, -0.2) is 16.8 Å². The van der Waals surface area contributed by atoms with E-state index >= 15 is 0 Å². The summed E-state index contributed by atoms with van der Waals surface area (Å²) in [5.74, 6) is 0. The number of fused-ring (bicyclic) bond motifs is 1. The third-order valence-corrected chi connectivity index (χ3v) is 9.66. The predicted molar refractivity (Wildman–Crippen MR) is 112 cm³/mol. The molecular weight excluding hydrogens is 441 g/mol. The van der Waals surface area contributed by atoms with Gasteiger partial charge in [0.25, 0.3) is 20.0 Å². The van der Waals surface area contributed by atoms with Crippen LogP contribution >= 0.6 is 23.2 Å². The van der Waals surface area contributed by atoms with Crippen LogP contribution in [-0.2, 0) is 26.5 Å². The number of halogens is 2. The zero-order valence-electron chi connectivity index (χ0n) is 15.1. The number of rotatable bonds is 6. The van der Waals surface area contributed by atoms with Crippen LogP contribution in [0.3, 0.4) is 0 Å². The Morgan fingerprint density at radius 2 is 1.64 bits per heavy atom. The molecule has 1 aliphatic rings. The van der Waals surface area contributed by atoms with Crippen LogP contribution in [0.25, 0.3) is 6.08 Å². The minimum Gasteiger partial charge on any atom is -0.206 e. The van der Waals surface area contributed by atoms with Crippen LogP contribution in [0.4, 0.5) is 0 Å². The Hall–Kier alpha value is -1.38. The molecule has 2 aromatic rings. The van der Waals surface area contributed by atoms with Crippen LogP contribution < -0.4 is 0 Å². The molecule has 0 amide bonds. The standard InChI is InChI=1S/C19H19Cl2NO4S2/c1-2-11-22(28(25,26)17-9-10-18(20)19(21)13-17)27(23,24)16-8-7-14-5-3-4-6-15(14)12-16/h3-6,9-10,12-13H,2,7-8,11H2,1H3. The number of hydrogen-bond donors (Lipinski definition) is 0. The molecule has 0 saturated heterocycles. The van der Waals surface area contributed by atoms with Gasteiger partial charge in [0.1, 0.15) is 0 Å². The first-order chi connectivity index (χ1) is 13.2. The summed E-state index contributed by atoms with van der Waals surface area (Å²) >= 11 is 11.8. The Morgan fingerprint density at radius 3 is 2.32 bits per heavy atom. The van der Waals surface area contributed by atoms with Crippen molar-refractivity contribution in [3.8, 4) is 0 Å². The first-order valence-corrected chi connectivity index (χ1v) is 12.3. The fraction of sp³-hybridized carbons (Fsp3) is 0.263. The fourth-order valence-corrected chi connectivity index (χ4v) is 7.47. The Labute approximate surface area is 175 Å². The van der Waals surface area contributed by atoms with Crippen molar-refractivity contribution in [2.75, 3.05) is 6.54 Å². The molecule has 28 heavy (non-hydrogen) atoms. The fourth-order valence-electron chi connectivity index (χ4n) is 3.05. The smallest absolute Gasteiger partial charge is 0.206 e. The lowest BCUT2D eigenvalue weighted by Gasteiger charge is -2.25. The highest BCUT2D eigenvalue weighted by atomic mass is 35.5. The average Bonchev–Trinajstić information content (AvgIpc) is 2.67. The molecule has 0 unspecified atom stereocenters. The molecule has 1 aliphatic carbocycles. The Bertz CT molecular complexity index is 1140. The van der Waals surface area contributed by atoms with Crippen LogP contribution in [0.5, 0.6) is 0 Å². The molecule has 0 fully saturated rings. The molecule has 5 nitrogen and oxygen atoms in total. The zero-order chi connectivity index (χ0) is 20.5. The highest BCUT2D eigenvalue weighted by Crippen LogP contribution is 2.33. The molecular formula is C19H19Cl2NO4S2. The average molecular weight is 460 g/mol. The molecule has 9 heteroatoms. The molecule has 0 radical (unpaired) electrons. The first kappa shape index (κ1) is 21.3. The second-order valence-corrected chi connectivity index (χ2v) is 11.2. The molecule has 0 heterocycles. The molecule has 3 rings (SSSR count). The maximum Gasteiger partial charge on any atom is 0.256 e. The van der Waals surface area contributed by atoms with Crippen LogP contribution in [0.15, 0.2) is 52.3 Å². The third kappa shape index (κ3) is 4.00. The van der Waals surface area contributed by atoms with Crippen molar-refractivity contribution in [1.82, 2.24) is 3.71 Å². The summed E-state index contributed by atoms with van der Waals surface area (Å²) in [4.78, 5) is -0.126. The Balaban J connectivity index is 2.08. The number of allylic oxidation sites excluding steroid dienone is 1. The van der Waals surface area contributed by atoms with E-state index in [1.807, 2.05) is 24.3 Å². The number of hydrogen-bond acceptors (Lipinski definition) is 4. The van der Waals surface area contributed by atoms with Crippen molar-refractivity contribution in [3.05, 3.63) is 68.5 Å². The molecule has 0 saturated carbocycles. The largest absolute Gasteiger partial charge is 0.256 e. The van der Waals surface area contributed by atoms with Crippen molar-refractivity contribution in [3.63, 3.8) is 0 Å². The van der Waals surface area contributed by atoms with Gasteiger partial charge in [-0.2, -0.15) is 0 Å². The monoisotopic (exact) mass is 459 g/mol. The van der Waals surface area contributed by atoms with Crippen molar-refractivity contribution in [1.29, 1.82) is 0 Å². The summed E-state index contributed by atoms with van der Waals surface area (Å²) in [6.07, 6.45) is 2.68. The van der Waals surface area contributed by atoms with Crippen molar-refractivity contribution >= 4 is 49.3 Å². The summed E-state index contributed by atoms with van der Waals surface area (Å²) in [6.45, 7) is 1.56. The predicted octanol–water partition coefficient (Wildman–Crippen LogP) is 4.71. The topological polar surface area (TPSA) is 71.5 Å². The molecule has 0 atom stereocenters. The zero-order valence-corrected chi connectivity index (χ0v) is 18.2. The highest BCUT2D eigenvalue weighted by molar-refractivity contribution is 8.06. The molecule has 2 aromatic carbocycles. The van der Waals surface area contributed by atoms with Crippen LogP contribution in [-0.4, -0.2) is 27.1 Å². The van der Waals surface area contributed by atoms with E-state index in [1.165, 1.54) is 18.2 Å². The van der Waals surface area contributed by atoms with E-state index in [4.69, 9.17) is 23.2 Å². The number of aryl methyl sites for hydroxylation is 1. The second kappa shape index (κ2) is 8.16. The quantitative estimate of drug-likeness (QED) is 0.626. The molecule has 0 aliphatic heterocycles. The van der Waals surface area contributed by atoms with E-state index in [0.717, 1.165) is 11.1 Å². The maximum absolute atomic E-state index is 13.3. The van der Waals surface area contributed by atoms with Gasteiger partial charge in [0.15, 0.2) is 0 Å². The van der Waals surface area contributed by atoms with Crippen molar-refractivity contribution in [2.24, 2.45) is 0 Å². The van der Waals surface area contributed by atoms with Gasteiger partial charge in [-0.05, 0) is 54.7 Å². The number of benzene rings is 2. The van der Waals surface area contributed by atoms with Crippen LogP contribution in [0, 0.1) is 0 Å². The summed E-state index contributed by atoms with van der Waals surface area (Å²) in [7, 11) is -8.55. The maximum atomic E-state index is 13.3. The molecule has 0 bridgehead atoms. The lowest BCUT2D eigenvalue weighted by Crippen LogP contribution is -2.38. The van der Waals surface area contributed by atoms with Gasteiger partial charge in [0.05, 0.1) is 19.8 Å². The molecule has 0 spiro atoms. The van der Waals surface area contributed by atoms with Gasteiger partial charge in [0.2, 0.25) is 0 Å². The van der Waals surface area contributed by atoms with E-state index in [0.29, 0.717) is 16.6 Å². The van der Waals surface area contributed by atoms with Gasteiger partial charge < -0.3 is 0 Å². The summed E-state index contributed by atoms with van der Waals surface area (Å²) in [5.41, 5.74) is 1.83. The Morgan fingerprint density at radius 1 is 0.929 bits per heavy atom. The van der Waals surface area contributed by atoms with Crippen LogP contribution in [0.1, 0.15) is 30.9 Å². The Kier molecular flexibility index (Phi) is 6.22. The van der Waals surface area contributed by atoms with Crippen molar-refractivity contribution in [2.45, 2.75) is 31.1 Å². The van der Waals surface area contributed by atoms with E-state index in [2.05, 4.69) is 0 Å². The number of nitrogens with zero attached hydrogens (tertiary/aromatic N) is 1. The van der Waals surface area contributed by atoms with Gasteiger partial charge in [-0.1, -0.05) is 58.1 Å². The summed E-state index contributed by atoms with van der Waals surface area (Å²) < 4.78 is 53.4. The van der Waals surface area contributed by atoms with E-state index in [-0.39, 0.29) is 32.8 Å². The summed E-state index contributed by atoms with van der Waals surface area (Å²) in [5, 5.41) is 0.236. The lowest BCUT2D eigenvalue weighted by atomic mass is 9.98. The van der Waals surface area contributed by atoms with E-state index < -0.39 is 20.0 Å². The molecule has 0 N–H and O–H groups in total. The van der Waals surface area contributed by atoms with Crippen LogP contribution in [0.2, 0.25) is 10.0 Å². The van der Waals surface area contributed by atoms with E-state index in [1.54, 1.807) is 13.0 Å². The minimum absolute atomic E-state index is 0.0439. The minimum atomic E-state index is -4.33. The first-order valence-electron chi connectivity index (χ1n) is 8.69. The molecule has 150 valence electrons.